The van der Waals surface area contributed by atoms with Gasteiger partial charge in [0.05, 0.1) is 5.52 Å². The molecule has 0 saturated heterocycles. The van der Waals surface area contributed by atoms with Crippen molar-refractivity contribution in [3.63, 3.8) is 0 Å². The van der Waals surface area contributed by atoms with Crippen molar-refractivity contribution in [3.05, 3.63) is 65.4 Å². The highest BCUT2D eigenvalue weighted by atomic mass is 35.5. The molecule has 1 aromatic heterocycles. The van der Waals surface area contributed by atoms with Gasteiger partial charge in [-0.25, -0.2) is 9.97 Å². The van der Waals surface area contributed by atoms with E-state index in [2.05, 4.69) is 22.1 Å². The van der Waals surface area contributed by atoms with Crippen LogP contribution in [0.3, 0.4) is 0 Å². The predicted octanol–water partition coefficient (Wildman–Crippen LogP) is 4.58. The zero-order chi connectivity index (χ0) is 13.1. The summed E-state index contributed by atoms with van der Waals surface area (Å²) in [5, 5.41) is 2.28. The SMILES string of the molecule is Clc1nc(SCc2ccccc2)c2ccccc2n1. The van der Waals surface area contributed by atoms with E-state index in [9.17, 15) is 0 Å². The summed E-state index contributed by atoms with van der Waals surface area (Å²) in [7, 11) is 0. The molecule has 3 rings (SSSR count). The first-order valence-corrected chi connectivity index (χ1v) is 7.28. The van der Waals surface area contributed by atoms with Gasteiger partial charge in [0.2, 0.25) is 5.28 Å². The first-order chi connectivity index (χ1) is 9.33. The molecule has 0 spiro atoms. The highest BCUT2D eigenvalue weighted by Gasteiger charge is 2.06. The van der Waals surface area contributed by atoms with Gasteiger partial charge < -0.3 is 0 Å². The Morgan fingerprint density at radius 1 is 0.895 bits per heavy atom. The highest BCUT2D eigenvalue weighted by molar-refractivity contribution is 7.98. The zero-order valence-corrected chi connectivity index (χ0v) is 11.7. The van der Waals surface area contributed by atoms with Crippen molar-refractivity contribution >= 4 is 34.3 Å². The fourth-order valence-electron chi connectivity index (χ4n) is 1.86. The normalized spacial score (nSPS) is 10.8. The second-order valence-corrected chi connectivity index (χ2v) is 5.39. The molecule has 0 aliphatic carbocycles. The molecule has 0 aliphatic rings. The molecule has 19 heavy (non-hydrogen) atoms. The molecule has 4 heteroatoms. The number of benzene rings is 2. The molecule has 3 aromatic rings. The van der Waals surface area contributed by atoms with Crippen LogP contribution in [-0.4, -0.2) is 9.97 Å². The summed E-state index contributed by atoms with van der Waals surface area (Å²) >= 11 is 7.65. The molecular weight excluding hydrogens is 276 g/mol. The Labute approximate surface area is 120 Å². The van der Waals surface area contributed by atoms with Crippen molar-refractivity contribution < 1.29 is 0 Å². The minimum atomic E-state index is 0.300. The average molecular weight is 287 g/mol. The third kappa shape index (κ3) is 2.88. The quantitative estimate of drug-likeness (QED) is 0.400. The van der Waals surface area contributed by atoms with E-state index in [1.807, 2.05) is 42.5 Å². The monoisotopic (exact) mass is 286 g/mol. The van der Waals surface area contributed by atoms with Gasteiger partial charge in [-0.15, -0.1) is 11.8 Å². The summed E-state index contributed by atoms with van der Waals surface area (Å²) < 4.78 is 0. The summed E-state index contributed by atoms with van der Waals surface area (Å²) in [6.07, 6.45) is 0. The molecule has 94 valence electrons. The van der Waals surface area contributed by atoms with Crippen molar-refractivity contribution in [2.24, 2.45) is 0 Å². The second-order valence-electron chi connectivity index (χ2n) is 4.09. The van der Waals surface area contributed by atoms with Crippen LogP contribution in [0.25, 0.3) is 10.9 Å². The molecule has 0 N–H and O–H groups in total. The van der Waals surface area contributed by atoms with Crippen LogP contribution in [0.1, 0.15) is 5.56 Å². The van der Waals surface area contributed by atoms with E-state index in [0.29, 0.717) is 5.28 Å². The van der Waals surface area contributed by atoms with Gasteiger partial charge in [0, 0.05) is 11.1 Å². The van der Waals surface area contributed by atoms with E-state index in [0.717, 1.165) is 21.7 Å². The van der Waals surface area contributed by atoms with Gasteiger partial charge in [-0.3, -0.25) is 0 Å². The second kappa shape index (κ2) is 5.59. The van der Waals surface area contributed by atoms with E-state index < -0.39 is 0 Å². The van der Waals surface area contributed by atoms with Crippen LogP contribution >= 0.6 is 23.4 Å². The number of aromatic nitrogens is 2. The summed E-state index contributed by atoms with van der Waals surface area (Å²) in [6.45, 7) is 0. The minimum absolute atomic E-state index is 0.300. The summed E-state index contributed by atoms with van der Waals surface area (Å²) in [4.78, 5) is 8.57. The molecule has 0 unspecified atom stereocenters. The molecule has 0 fully saturated rings. The number of thioether (sulfide) groups is 1. The summed E-state index contributed by atoms with van der Waals surface area (Å²) in [5.74, 6) is 0.873. The van der Waals surface area contributed by atoms with Gasteiger partial charge in [-0.05, 0) is 23.2 Å². The number of nitrogens with zero attached hydrogens (tertiary/aromatic N) is 2. The lowest BCUT2D eigenvalue weighted by atomic mass is 10.2. The lowest BCUT2D eigenvalue weighted by Gasteiger charge is -2.05. The lowest BCUT2D eigenvalue weighted by molar-refractivity contribution is 1.10. The topological polar surface area (TPSA) is 25.8 Å². The molecule has 0 amide bonds. The van der Waals surface area contributed by atoms with E-state index in [-0.39, 0.29) is 0 Å². The molecule has 0 bridgehead atoms. The van der Waals surface area contributed by atoms with Gasteiger partial charge in [0.25, 0.3) is 0 Å². The fourth-order valence-corrected chi connectivity index (χ4v) is 3.06. The number of fused-ring (bicyclic) bond motifs is 1. The van der Waals surface area contributed by atoms with E-state index >= 15 is 0 Å². The maximum absolute atomic E-state index is 5.97. The van der Waals surface area contributed by atoms with Crippen LogP contribution in [0.2, 0.25) is 5.28 Å². The molecular formula is C15H11ClN2S. The van der Waals surface area contributed by atoms with Crippen LogP contribution in [0.4, 0.5) is 0 Å². The number of halogens is 1. The number of hydrogen-bond acceptors (Lipinski definition) is 3. The smallest absolute Gasteiger partial charge is 0.218 e. The standard InChI is InChI=1S/C15H11ClN2S/c16-15-17-13-9-5-4-8-12(13)14(18-15)19-10-11-6-2-1-3-7-11/h1-9H,10H2. The average Bonchev–Trinajstić information content (AvgIpc) is 2.45. The van der Waals surface area contributed by atoms with Crippen LogP contribution in [0.5, 0.6) is 0 Å². The van der Waals surface area contributed by atoms with Gasteiger partial charge in [-0.2, -0.15) is 0 Å². The Balaban J connectivity index is 1.92. The predicted molar refractivity (Wildman–Crippen MR) is 80.6 cm³/mol. The largest absolute Gasteiger partial charge is 0.224 e. The maximum Gasteiger partial charge on any atom is 0.224 e. The Morgan fingerprint density at radius 2 is 1.63 bits per heavy atom. The molecule has 0 atom stereocenters. The van der Waals surface area contributed by atoms with Gasteiger partial charge >= 0.3 is 0 Å². The van der Waals surface area contributed by atoms with E-state index in [1.54, 1.807) is 11.8 Å². The third-order valence-electron chi connectivity index (χ3n) is 2.76. The molecule has 0 aliphatic heterocycles. The van der Waals surface area contributed by atoms with Crippen LogP contribution in [0, 0.1) is 0 Å². The minimum Gasteiger partial charge on any atom is -0.218 e. The molecule has 0 radical (unpaired) electrons. The van der Waals surface area contributed by atoms with Crippen molar-refractivity contribution in [1.29, 1.82) is 0 Å². The van der Waals surface area contributed by atoms with Gasteiger partial charge in [0.1, 0.15) is 5.03 Å². The highest BCUT2D eigenvalue weighted by Crippen LogP contribution is 2.28. The molecule has 2 nitrogen and oxygen atoms in total. The summed E-state index contributed by atoms with van der Waals surface area (Å²) in [6, 6.07) is 18.3. The van der Waals surface area contributed by atoms with Crippen LogP contribution in [0.15, 0.2) is 59.6 Å². The summed E-state index contributed by atoms with van der Waals surface area (Å²) in [5.41, 5.74) is 2.16. The number of hydrogen-bond donors (Lipinski definition) is 0. The Morgan fingerprint density at radius 3 is 2.47 bits per heavy atom. The Kier molecular flexibility index (Phi) is 3.67. The third-order valence-corrected chi connectivity index (χ3v) is 3.99. The first kappa shape index (κ1) is 12.5. The van der Waals surface area contributed by atoms with Crippen molar-refractivity contribution in [1.82, 2.24) is 9.97 Å². The van der Waals surface area contributed by atoms with Crippen molar-refractivity contribution in [2.75, 3.05) is 0 Å². The lowest BCUT2D eigenvalue weighted by Crippen LogP contribution is -1.90. The van der Waals surface area contributed by atoms with Gasteiger partial charge in [-0.1, -0.05) is 48.5 Å². The first-order valence-electron chi connectivity index (χ1n) is 5.92. The van der Waals surface area contributed by atoms with Crippen LogP contribution < -0.4 is 0 Å². The van der Waals surface area contributed by atoms with E-state index in [1.165, 1.54) is 5.56 Å². The number of para-hydroxylation sites is 1. The maximum atomic E-state index is 5.97. The molecule has 2 aromatic carbocycles. The number of rotatable bonds is 3. The molecule has 1 heterocycles. The fraction of sp³-hybridized carbons (Fsp3) is 0.0667. The van der Waals surface area contributed by atoms with Crippen molar-refractivity contribution in [3.8, 4) is 0 Å². The van der Waals surface area contributed by atoms with Crippen LogP contribution in [-0.2, 0) is 5.75 Å². The van der Waals surface area contributed by atoms with E-state index in [4.69, 9.17) is 11.6 Å². The van der Waals surface area contributed by atoms with Gasteiger partial charge in [0.15, 0.2) is 0 Å². The zero-order valence-electron chi connectivity index (χ0n) is 10.1. The molecule has 0 saturated carbocycles. The Hall–Kier alpha value is -1.58. The van der Waals surface area contributed by atoms with Crippen molar-refractivity contribution in [2.45, 2.75) is 10.8 Å². The Bertz CT molecular complexity index is 701.